The van der Waals surface area contributed by atoms with E-state index in [0.717, 1.165) is 37.8 Å². The Kier molecular flexibility index (Phi) is 5.14. The van der Waals surface area contributed by atoms with Crippen molar-refractivity contribution in [3.8, 4) is 5.75 Å². The second-order valence-electron chi connectivity index (χ2n) is 5.22. The predicted molar refractivity (Wildman–Crippen MR) is 75.4 cm³/mol. The summed E-state index contributed by atoms with van der Waals surface area (Å²) in [4.78, 5) is 23.4. The van der Waals surface area contributed by atoms with Gasteiger partial charge in [-0.05, 0) is 25.0 Å². The molecule has 0 spiro atoms. The molecule has 0 aliphatic heterocycles. The highest BCUT2D eigenvalue weighted by molar-refractivity contribution is 5.96. The molecule has 6 heteroatoms. The van der Waals surface area contributed by atoms with E-state index in [0.29, 0.717) is 0 Å². The maximum Gasteiger partial charge on any atom is 0.255 e. The van der Waals surface area contributed by atoms with Crippen molar-refractivity contribution >= 4 is 11.8 Å². The Bertz CT molecular complexity index is 528. The average Bonchev–Trinajstić information content (AvgIpc) is 2.91. The number of phenolic OH excluding ortho intramolecular Hbond substituents is 1. The summed E-state index contributed by atoms with van der Waals surface area (Å²) in [5.41, 5.74) is -0.00685. The second-order valence-corrected chi connectivity index (χ2v) is 5.22. The van der Waals surface area contributed by atoms with E-state index in [1.54, 1.807) is 0 Å². The monoisotopic (exact) mass is 294 g/mol. The molecule has 5 nitrogen and oxygen atoms in total. The van der Waals surface area contributed by atoms with Gasteiger partial charge >= 0.3 is 0 Å². The van der Waals surface area contributed by atoms with Crippen LogP contribution in [0.1, 0.15) is 42.5 Å². The van der Waals surface area contributed by atoms with Gasteiger partial charge < -0.3 is 15.7 Å². The smallest absolute Gasteiger partial charge is 0.255 e. The van der Waals surface area contributed by atoms with Gasteiger partial charge in [-0.15, -0.1) is 0 Å². The molecule has 0 saturated heterocycles. The first kappa shape index (κ1) is 15.3. The number of amides is 2. The summed E-state index contributed by atoms with van der Waals surface area (Å²) >= 11 is 0. The molecule has 1 aromatic rings. The van der Waals surface area contributed by atoms with Gasteiger partial charge in [-0.25, -0.2) is 4.39 Å². The zero-order chi connectivity index (χ0) is 15.2. The Morgan fingerprint density at radius 3 is 2.67 bits per heavy atom. The normalized spacial score (nSPS) is 14.9. The summed E-state index contributed by atoms with van der Waals surface area (Å²) < 4.78 is 12.8. The molecule has 3 N–H and O–H groups in total. The van der Waals surface area contributed by atoms with Crippen LogP contribution in [0.25, 0.3) is 0 Å². The van der Waals surface area contributed by atoms with Gasteiger partial charge in [0, 0.05) is 25.1 Å². The molecular weight excluding hydrogens is 275 g/mol. The quantitative estimate of drug-likeness (QED) is 0.773. The second kappa shape index (κ2) is 7.06. The highest BCUT2D eigenvalue weighted by Gasteiger charge is 2.17. The van der Waals surface area contributed by atoms with Gasteiger partial charge in [0.1, 0.15) is 11.6 Å². The standard InChI is InChI=1S/C15H19FN2O3/c16-10-5-6-12(13(19)9-10)15(21)17-8-7-14(20)18-11-3-1-2-4-11/h5-6,9,11,19H,1-4,7-8H2,(H,17,21)(H,18,20). The number of nitrogens with one attached hydrogen (secondary N) is 2. The summed E-state index contributed by atoms with van der Waals surface area (Å²) in [6.45, 7) is 0.175. The highest BCUT2D eigenvalue weighted by Crippen LogP contribution is 2.18. The van der Waals surface area contributed by atoms with Gasteiger partial charge in [-0.2, -0.15) is 0 Å². The number of carbonyl (C=O) groups excluding carboxylic acids is 2. The third kappa shape index (κ3) is 4.44. The Labute approximate surface area is 122 Å². The van der Waals surface area contributed by atoms with Crippen LogP contribution in [0, 0.1) is 5.82 Å². The Morgan fingerprint density at radius 1 is 1.29 bits per heavy atom. The number of hydrogen-bond acceptors (Lipinski definition) is 3. The molecule has 1 saturated carbocycles. The first-order chi connectivity index (χ1) is 10.1. The molecular formula is C15H19FN2O3. The Hall–Kier alpha value is -2.11. The van der Waals surface area contributed by atoms with Gasteiger partial charge in [0.2, 0.25) is 5.91 Å². The maximum absolute atomic E-state index is 12.8. The van der Waals surface area contributed by atoms with E-state index < -0.39 is 17.5 Å². The minimum absolute atomic E-state index is 0.00685. The van der Waals surface area contributed by atoms with E-state index in [1.165, 1.54) is 6.07 Å². The van der Waals surface area contributed by atoms with Gasteiger partial charge in [0.15, 0.2) is 0 Å². The van der Waals surface area contributed by atoms with Crippen molar-refractivity contribution in [1.29, 1.82) is 0 Å². The molecule has 0 radical (unpaired) electrons. The third-order valence-corrected chi connectivity index (χ3v) is 3.56. The fourth-order valence-electron chi connectivity index (χ4n) is 2.45. The van der Waals surface area contributed by atoms with E-state index in [4.69, 9.17) is 0 Å². The van der Waals surface area contributed by atoms with Crippen molar-refractivity contribution in [3.05, 3.63) is 29.6 Å². The van der Waals surface area contributed by atoms with Crippen LogP contribution in [0.3, 0.4) is 0 Å². The molecule has 0 aromatic heterocycles. The SMILES string of the molecule is O=C(CCNC(=O)c1ccc(F)cc1O)NC1CCCC1. The maximum atomic E-state index is 12.8. The van der Waals surface area contributed by atoms with Crippen LogP contribution in [0.5, 0.6) is 5.75 Å². The van der Waals surface area contributed by atoms with E-state index in [1.807, 2.05) is 0 Å². The van der Waals surface area contributed by atoms with Crippen LogP contribution in [0.4, 0.5) is 4.39 Å². The van der Waals surface area contributed by atoms with Crippen molar-refractivity contribution < 1.29 is 19.1 Å². The summed E-state index contributed by atoms with van der Waals surface area (Å²) in [5, 5.41) is 14.9. The Morgan fingerprint density at radius 2 is 2.00 bits per heavy atom. The lowest BCUT2D eigenvalue weighted by molar-refractivity contribution is -0.121. The highest BCUT2D eigenvalue weighted by atomic mass is 19.1. The van der Waals surface area contributed by atoms with E-state index in [2.05, 4.69) is 10.6 Å². The van der Waals surface area contributed by atoms with Gasteiger partial charge in [0.05, 0.1) is 5.56 Å². The van der Waals surface area contributed by atoms with Gasteiger partial charge in [0.25, 0.3) is 5.91 Å². The molecule has 0 heterocycles. The number of benzene rings is 1. The van der Waals surface area contributed by atoms with Crippen LogP contribution in [0.15, 0.2) is 18.2 Å². The summed E-state index contributed by atoms with van der Waals surface area (Å²) in [7, 11) is 0. The number of phenols is 1. The van der Waals surface area contributed by atoms with Crippen molar-refractivity contribution in [3.63, 3.8) is 0 Å². The van der Waals surface area contributed by atoms with Crippen molar-refractivity contribution in [1.82, 2.24) is 10.6 Å². The zero-order valence-electron chi connectivity index (χ0n) is 11.7. The van der Waals surface area contributed by atoms with Crippen LogP contribution in [-0.2, 0) is 4.79 Å². The molecule has 0 atom stereocenters. The molecule has 21 heavy (non-hydrogen) atoms. The first-order valence-corrected chi connectivity index (χ1v) is 7.12. The van der Waals surface area contributed by atoms with Crippen LogP contribution in [-0.4, -0.2) is 29.5 Å². The first-order valence-electron chi connectivity index (χ1n) is 7.12. The zero-order valence-corrected chi connectivity index (χ0v) is 11.7. The van der Waals surface area contributed by atoms with Gasteiger partial charge in [-0.1, -0.05) is 12.8 Å². The van der Waals surface area contributed by atoms with Crippen molar-refractivity contribution in [2.75, 3.05) is 6.54 Å². The largest absolute Gasteiger partial charge is 0.507 e. The summed E-state index contributed by atoms with van der Waals surface area (Å²) in [5.74, 6) is -1.64. The van der Waals surface area contributed by atoms with E-state index >= 15 is 0 Å². The average molecular weight is 294 g/mol. The predicted octanol–water partition coefficient (Wildman–Crippen LogP) is 1.71. The number of hydrogen-bond donors (Lipinski definition) is 3. The molecule has 0 unspecified atom stereocenters. The lowest BCUT2D eigenvalue weighted by Gasteiger charge is -2.12. The molecule has 1 aliphatic carbocycles. The Balaban J connectivity index is 1.74. The lowest BCUT2D eigenvalue weighted by Crippen LogP contribution is -2.35. The minimum atomic E-state index is -0.611. The topological polar surface area (TPSA) is 78.4 Å². The fraction of sp³-hybridized carbons (Fsp3) is 0.467. The number of halogens is 1. The minimum Gasteiger partial charge on any atom is -0.507 e. The van der Waals surface area contributed by atoms with E-state index in [-0.39, 0.29) is 30.5 Å². The number of aromatic hydroxyl groups is 1. The summed E-state index contributed by atoms with van der Waals surface area (Å²) in [6.07, 6.45) is 4.50. The molecule has 114 valence electrons. The van der Waals surface area contributed by atoms with Crippen molar-refractivity contribution in [2.24, 2.45) is 0 Å². The molecule has 2 rings (SSSR count). The third-order valence-electron chi connectivity index (χ3n) is 3.56. The van der Waals surface area contributed by atoms with Crippen LogP contribution >= 0.6 is 0 Å². The molecule has 1 aliphatic rings. The molecule has 1 aromatic carbocycles. The summed E-state index contributed by atoms with van der Waals surface area (Å²) in [6, 6.07) is 3.44. The van der Waals surface area contributed by atoms with Crippen LogP contribution < -0.4 is 10.6 Å². The molecule has 2 amide bonds. The number of rotatable bonds is 5. The van der Waals surface area contributed by atoms with Crippen LogP contribution in [0.2, 0.25) is 0 Å². The molecule has 0 bridgehead atoms. The number of carbonyl (C=O) groups is 2. The van der Waals surface area contributed by atoms with E-state index in [9.17, 15) is 19.1 Å². The van der Waals surface area contributed by atoms with Crippen molar-refractivity contribution in [2.45, 2.75) is 38.1 Å². The lowest BCUT2D eigenvalue weighted by atomic mass is 10.2. The van der Waals surface area contributed by atoms with Gasteiger partial charge in [-0.3, -0.25) is 9.59 Å². The fourth-order valence-corrected chi connectivity index (χ4v) is 2.45. The molecule has 1 fully saturated rings.